The van der Waals surface area contributed by atoms with Crippen molar-refractivity contribution in [1.82, 2.24) is 5.32 Å². The Morgan fingerprint density at radius 3 is 2.66 bits per heavy atom. The summed E-state index contributed by atoms with van der Waals surface area (Å²) in [7, 11) is 1.44. The van der Waals surface area contributed by atoms with Crippen molar-refractivity contribution >= 4 is 29.5 Å². The van der Waals surface area contributed by atoms with Gasteiger partial charge in [-0.15, -0.1) is 11.8 Å². The molecule has 152 valence electrons. The normalized spacial score (nSPS) is 14.6. The lowest BCUT2D eigenvalue weighted by atomic mass is 10.2. The Morgan fingerprint density at radius 1 is 1.17 bits per heavy atom. The number of fused-ring (bicyclic) bond motifs is 1. The number of carbonyl (C=O) groups excluding carboxylic acids is 3. The van der Waals surface area contributed by atoms with E-state index in [2.05, 4.69) is 5.32 Å². The van der Waals surface area contributed by atoms with Crippen LogP contribution in [0.4, 0.5) is 0 Å². The lowest BCUT2D eigenvalue weighted by Crippen LogP contribution is -2.47. The van der Waals surface area contributed by atoms with Gasteiger partial charge in [-0.1, -0.05) is 12.1 Å². The van der Waals surface area contributed by atoms with Crippen molar-refractivity contribution in [3.63, 3.8) is 0 Å². The van der Waals surface area contributed by atoms with E-state index in [1.807, 2.05) is 6.26 Å². The van der Waals surface area contributed by atoms with Crippen molar-refractivity contribution < 1.29 is 33.3 Å². The molecule has 1 heterocycles. The number of thioether (sulfide) groups is 1. The average Bonchev–Trinajstić information content (AvgIpc) is 2.76. The van der Waals surface area contributed by atoms with E-state index in [4.69, 9.17) is 18.9 Å². The van der Waals surface area contributed by atoms with Gasteiger partial charge >= 0.3 is 5.97 Å². The summed E-state index contributed by atoms with van der Waals surface area (Å²) in [5, 5.41) is 2.14. The number of carbonyl (C=O) groups is 3. The molecule has 1 N–H and O–H groups in total. The van der Waals surface area contributed by atoms with E-state index < -0.39 is 30.5 Å². The summed E-state index contributed by atoms with van der Waals surface area (Å²) in [4.78, 5) is 37.3. The van der Waals surface area contributed by atoms with Gasteiger partial charge in [0.1, 0.15) is 17.9 Å². The number of esters is 1. The van der Waals surface area contributed by atoms with Crippen LogP contribution in [-0.2, 0) is 14.3 Å². The number of para-hydroxylation sites is 2. The van der Waals surface area contributed by atoms with Crippen molar-refractivity contribution in [2.75, 3.05) is 26.6 Å². The molecule has 0 saturated carbocycles. The third kappa shape index (κ3) is 5.00. The van der Waals surface area contributed by atoms with Gasteiger partial charge in [-0.05, 0) is 36.6 Å². The molecule has 0 bridgehead atoms. The van der Waals surface area contributed by atoms with Gasteiger partial charge in [-0.2, -0.15) is 0 Å². The summed E-state index contributed by atoms with van der Waals surface area (Å²) >= 11 is 1.50. The lowest BCUT2D eigenvalue weighted by Gasteiger charge is -2.25. The molecule has 0 fully saturated rings. The van der Waals surface area contributed by atoms with Crippen LogP contribution in [0.2, 0.25) is 0 Å². The minimum absolute atomic E-state index is 0.0328. The first kappa shape index (κ1) is 20.5. The largest absolute Gasteiger partial charge is 0.496 e. The fraction of sp³-hybridized carbons (Fsp3) is 0.250. The number of rotatable bonds is 6. The second kappa shape index (κ2) is 9.33. The van der Waals surface area contributed by atoms with E-state index >= 15 is 0 Å². The van der Waals surface area contributed by atoms with Crippen LogP contribution in [0, 0.1) is 0 Å². The van der Waals surface area contributed by atoms with Gasteiger partial charge in [0.15, 0.2) is 18.1 Å². The minimum atomic E-state index is -0.983. The summed E-state index contributed by atoms with van der Waals surface area (Å²) in [6.45, 7) is -0.656. The van der Waals surface area contributed by atoms with E-state index in [0.29, 0.717) is 17.2 Å². The monoisotopic (exact) mass is 417 g/mol. The van der Waals surface area contributed by atoms with Gasteiger partial charge in [0, 0.05) is 4.90 Å². The number of amides is 2. The number of hydrogen-bond donors (Lipinski definition) is 1. The first-order valence-corrected chi connectivity index (χ1v) is 9.85. The van der Waals surface area contributed by atoms with Crippen LogP contribution < -0.4 is 19.5 Å². The zero-order valence-electron chi connectivity index (χ0n) is 15.8. The van der Waals surface area contributed by atoms with Crippen molar-refractivity contribution in [2.45, 2.75) is 11.0 Å². The van der Waals surface area contributed by atoms with Crippen molar-refractivity contribution in [3.8, 4) is 17.2 Å². The van der Waals surface area contributed by atoms with Crippen LogP contribution in [0.3, 0.4) is 0 Å². The third-order valence-corrected chi connectivity index (χ3v) is 4.75. The molecule has 0 aromatic heterocycles. The Labute approximate surface area is 171 Å². The lowest BCUT2D eigenvalue weighted by molar-refractivity contribution is -0.137. The van der Waals surface area contributed by atoms with E-state index in [0.717, 1.165) is 4.90 Å². The summed E-state index contributed by atoms with van der Waals surface area (Å²) in [5.74, 6) is -0.905. The molecule has 0 spiro atoms. The van der Waals surface area contributed by atoms with Crippen LogP contribution >= 0.6 is 11.8 Å². The predicted octanol–water partition coefficient (Wildman–Crippen LogP) is 2.06. The highest BCUT2D eigenvalue weighted by molar-refractivity contribution is 7.98. The van der Waals surface area contributed by atoms with Crippen molar-refractivity contribution in [3.05, 3.63) is 48.0 Å². The molecule has 9 heteroatoms. The summed E-state index contributed by atoms with van der Waals surface area (Å²) < 4.78 is 21.1. The van der Waals surface area contributed by atoms with E-state index in [1.54, 1.807) is 42.5 Å². The standard InChI is InChI=1S/C20H19NO7S/c1-25-16-9-12(29-2)7-8-13(16)20(24)27-11-18(22)21-19(23)17-10-26-14-5-3-4-6-15(14)28-17/h3-9,17H,10-11H2,1-2H3,(H,21,22,23)/t17-/m0/s1. The van der Waals surface area contributed by atoms with Crippen molar-refractivity contribution in [1.29, 1.82) is 0 Å². The topological polar surface area (TPSA) is 100 Å². The van der Waals surface area contributed by atoms with Crippen LogP contribution in [0.15, 0.2) is 47.4 Å². The van der Waals surface area contributed by atoms with E-state index in [1.165, 1.54) is 18.9 Å². The highest BCUT2D eigenvalue weighted by atomic mass is 32.2. The SMILES string of the molecule is COc1cc(SC)ccc1C(=O)OCC(=O)NC(=O)[C@@H]1COc2ccccc2O1. The van der Waals surface area contributed by atoms with Crippen LogP contribution in [-0.4, -0.2) is 50.5 Å². The molecule has 0 unspecified atom stereocenters. The van der Waals surface area contributed by atoms with E-state index in [-0.39, 0.29) is 12.2 Å². The molecule has 3 rings (SSSR count). The molecule has 2 aromatic carbocycles. The maximum Gasteiger partial charge on any atom is 0.342 e. The Balaban J connectivity index is 1.52. The Bertz CT molecular complexity index is 931. The molecule has 0 aliphatic carbocycles. The maximum absolute atomic E-state index is 12.2. The number of methoxy groups -OCH3 is 1. The van der Waals surface area contributed by atoms with Gasteiger partial charge in [0.2, 0.25) is 6.10 Å². The minimum Gasteiger partial charge on any atom is -0.496 e. The molecule has 0 radical (unpaired) electrons. The molecule has 29 heavy (non-hydrogen) atoms. The number of imide groups is 1. The highest BCUT2D eigenvalue weighted by Gasteiger charge is 2.28. The number of ether oxygens (including phenoxy) is 4. The van der Waals surface area contributed by atoms with Gasteiger partial charge in [0.25, 0.3) is 11.8 Å². The Hall–Kier alpha value is -3.20. The quantitative estimate of drug-likeness (QED) is 0.563. The number of hydrogen-bond acceptors (Lipinski definition) is 8. The molecular formula is C20H19NO7S. The first-order valence-electron chi connectivity index (χ1n) is 8.63. The highest BCUT2D eigenvalue weighted by Crippen LogP contribution is 2.30. The zero-order valence-corrected chi connectivity index (χ0v) is 16.6. The summed E-state index contributed by atoms with van der Waals surface area (Å²) in [5.41, 5.74) is 0.185. The van der Waals surface area contributed by atoms with Gasteiger partial charge in [0.05, 0.1) is 7.11 Å². The predicted molar refractivity (Wildman–Crippen MR) is 105 cm³/mol. The first-order chi connectivity index (χ1) is 14.0. The second-order valence-corrected chi connectivity index (χ2v) is 6.80. The second-order valence-electron chi connectivity index (χ2n) is 5.92. The summed E-state index contributed by atoms with van der Waals surface area (Å²) in [6.07, 6.45) is 0.914. The molecule has 2 aromatic rings. The molecule has 2 amide bonds. The number of benzene rings is 2. The van der Waals surface area contributed by atoms with Crippen LogP contribution in [0.25, 0.3) is 0 Å². The molecule has 1 aliphatic rings. The molecular weight excluding hydrogens is 398 g/mol. The zero-order chi connectivity index (χ0) is 20.8. The van der Waals surface area contributed by atoms with Crippen LogP contribution in [0.5, 0.6) is 17.2 Å². The maximum atomic E-state index is 12.2. The molecule has 1 aliphatic heterocycles. The Kier molecular flexibility index (Phi) is 6.61. The third-order valence-electron chi connectivity index (χ3n) is 4.03. The van der Waals surface area contributed by atoms with Crippen molar-refractivity contribution in [2.24, 2.45) is 0 Å². The van der Waals surface area contributed by atoms with Gasteiger partial charge < -0.3 is 18.9 Å². The Morgan fingerprint density at radius 2 is 1.93 bits per heavy atom. The fourth-order valence-electron chi connectivity index (χ4n) is 2.58. The summed E-state index contributed by atoms with van der Waals surface area (Å²) in [6, 6.07) is 11.9. The van der Waals surface area contributed by atoms with Gasteiger partial charge in [-0.3, -0.25) is 14.9 Å². The average molecular weight is 417 g/mol. The fourth-order valence-corrected chi connectivity index (χ4v) is 3.01. The molecule has 8 nitrogen and oxygen atoms in total. The van der Waals surface area contributed by atoms with Crippen LogP contribution in [0.1, 0.15) is 10.4 Å². The smallest absolute Gasteiger partial charge is 0.342 e. The van der Waals surface area contributed by atoms with E-state index in [9.17, 15) is 14.4 Å². The van der Waals surface area contributed by atoms with Gasteiger partial charge in [-0.25, -0.2) is 4.79 Å². The number of nitrogens with one attached hydrogen (secondary N) is 1. The molecule has 0 saturated heterocycles. The molecule has 1 atom stereocenters.